The number of hydrogen-bond acceptors (Lipinski definition) is 5. The second-order valence-corrected chi connectivity index (χ2v) is 6.31. The number of benzene rings is 1. The molecule has 1 aromatic rings. The highest BCUT2D eigenvalue weighted by molar-refractivity contribution is 8.00. The van der Waals surface area contributed by atoms with Crippen molar-refractivity contribution in [2.75, 3.05) is 46.7 Å². The Kier molecular flexibility index (Phi) is 6.29. The maximum atomic E-state index is 12.2. The molecule has 1 atom stereocenters. The number of rotatable bonds is 7. The Morgan fingerprint density at radius 3 is 2.83 bits per heavy atom. The van der Waals surface area contributed by atoms with Gasteiger partial charge in [0.05, 0.1) is 12.9 Å². The smallest absolute Gasteiger partial charge is 0.248 e. The van der Waals surface area contributed by atoms with Crippen molar-refractivity contribution in [3.05, 3.63) is 29.8 Å². The highest BCUT2D eigenvalue weighted by Crippen LogP contribution is 2.42. The van der Waals surface area contributed by atoms with Gasteiger partial charge in [0.25, 0.3) is 0 Å². The lowest BCUT2D eigenvalue weighted by Crippen LogP contribution is -2.39. The maximum Gasteiger partial charge on any atom is 0.248 e. The van der Waals surface area contributed by atoms with E-state index in [4.69, 9.17) is 9.47 Å². The molecule has 2 rings (SSSR count). The van der Waals surface area contributed by atoms with Crippen LogP contribution in [-0.2, 0) is 14.3 Å². The third-order valence-corrected chi connectivity index (χ3v) is 4.98. The second-order valence-electron chi connectivity index (χ2n) is 5.24. The number of hydrogen-bond donors (Lipinski definition) is 0. The topological polar surface area (TPSA) is 59.1 Å². The first-order chi connectivity index (χ1) is 11.1. The fraction of sp³-hybridized carbons (Fsp3) is 0.500. The molecule has 1 unspecified atom stereocenters. The Labute approximate surface area is 140 Å². The van der Waals surface area contributed by atoms with Crippen molar-refractivity contribution in [3.63, 3.8) is 0 Å². The zero-order valence-electron chi connectivity index (χ0n) is 13.7. The molecule has 23 heavy (non-hydrogen) atoms. The van der Waals surface area contributed by atoms with Gasteiger partial charge in [0.15, 0.2) is 0 Å². The van der Waals surface area contributed by atoms with Crippen molar-refractivity contribution in [1.82, 2.24) is 9.80 Å². The minimum atomic E-state index is -0.0966. The predicted octanol–water partition coefficient (Wildman–Crippen LogP) is 1.37. The summed E-state index contributed by atoms with van der Waals surface area (Å²) in [5.74, 6) is 1.20. The number of amides is 2. The van der Waals surface area contributed by atoms with Gasteiger partial charge in [-0.3, -0.25) is 9.59 Å². The number of ether oxygens (including phenoxy) is 2. The number of carbonyl (C=O) groups is 2. The molecule has 6 nitrogen and oxygen atoms in total. The van der Waals surface area contributed by atoms with E-state index in [1.165, 1.54) is 7.11 Å². The van der Waals surface area contributed by atoms with E-state index in [9.17, 15) is 9.59 Å². The van der Waals surface area contributed by atoms with Crippen LogP contribution in [0.25, 0.3) is 0 Å². The van der Waals surface area contributed by atoms with Crippen LogP contribution in [0.4, 0.5) is 0 Å². The molecule has 2 amide bonds. The molecule has 0 bridgehead atoms. The Balaban J connectivity index is 2.07. The molecule has 0 radical (unpaired) electrons. The average molecular weight is 338 g/mol. The molecule has 1 saturated heterocycles. The molecule has 0 aliphatic carbocycles. The van der Waals surface area contributed by atoms with Crippen LogP contribution >= 0.6 is 11.8 Å². The number of para-hydroxylation sites is 1. The van der Waals surface area contributed by atoms with Gasteiger partial charge in [-0.15, -0.1) is 11.8 Å². The Morgan fingerprint density at radius 2 is 2.13 bits per heavy atom. The number of carbonyl (C=O) groups excluding carboxylic acids is 2. The molecule has 1 heterocycles. The third kappa shape index (κ3) is 4.17. The van der Waals surface area contributed by atoms with Crippen molar-refractivity contribution in [1.29, 1.82) is 0 Å². The SMILES string of the molecule is COCC(=O)N(C)CCN1C(=O)CSC1c1ccccc1OC. The zero-order valence-corrected chi connectivity index (χ0v) is 14.5. The lowest BCUT2D eigenvalue weighted by molar-refractivity contribution is -0.135. The Hall–Kier alpha value is -1.73. The van der Waals surface area contributed by atoms with Gasteiger partial charge in [0.1, 0.15) is 17.7 Å². The van der Waals surface area contributed by atoms with Crippen LogP contribution in [0.15, 0.2) is 24.3 Å². The largest absolute Gasteiger partial charge is 0.496 e. The van der Waals surface area contributed by atoms with Crippen molar-refractivity contribution in [3.8, 4) is 5.75 Å². The van der Waals surface area contributed by atoms with Gasteiger partial charge in [0.2, 0.25) is 11.8 Å². The van der Waals surface area contributed by atoms with E-state index in [2.05, 4.69) is 0 Å². The minimum absolute atomic E-state index is 0.0507. The maximum absolute atomic E-state index is 12.2. The quantitative estimate of drug-likeness (QED) is 0.752. The normalized spacial score (nSPS) is 17.4. The van der Waals surface area contributed by atoms with E-state index in [0.717, 1.165) is 11.3 Å². The lowest BCUT2D eigenvalue weighted by Gasteiger charge is -2.27. The number of nitrogens with zero attached hydrogens (tertiary/aromatic N) is 2. The summed E-state index contributed by atoms with van der Waals surface area (Å²) in [7, 11) is 4.83. The van der Waals surface area contributed by atoms with E-state index in [1.807, 2.05) is 24.3 Å². The molecule has 1 aromatic carbocycles. The Morgan fingerprint density at radius 1 is 1.39 bits per heavy atom. The van der Waals surface area contributed by atoms with Gasteiger partial charge >= 0.3 is 0 Å². The molecule has 0 aromatic heterocycles. The summed E-state index contributed by atoms with van der Waals surface area (Å²) in [5, 5.41) is -0.0791. The van der Waals surface area contributed by atoms with Crippen LogP contribution < -0.4 is 4.74 Å². The first kappa shape index (κ1) is 17.6. The summed E-state index contributed by atoms with van der Waals surface area (Å²) < 4.78 is 10.3. The monoisotopic (exact) mass is 338 g/mol. The van der Waals surface area contributed by atoms with E-state index >= 15 is 0 Å². The van der Waals surface area contributed by atoms with Gasteiger partial charge in [-0.1, -0.05) is 18.2 Å². The highest BCUT2D eigenvalue weighted by Gasteiger charge is 2.34. The first-order valence-electron chi connectivity index (χ1n) is 7.35. The summed E-state index contributed by atoms with van der Waals surface area (Å²) in [5.41, 5.74) is 0.983. The van der Waals surface area contributed by atoms with E-state index in [-0.39, 0.29) is 23.8 Å². The Bertz CT molecular complexity index is 567. The summed E-state index contributed by atoms with van der Waals surface area (Å²) in [6.07, 6.45) is 0. The zero-order chi connectivity index (χ0) is 16.8. The van der Waals surface area contributed by atoms with Crippen LogP contribution in [0.3, 0.4) is 0 Å². The van der Waals surface area contributed by atoms with Gasteiger partial charge in [0, 0.05) is 32.8 Å². The summed E-state index contributed by atoms with van der Waals surface area (Å²) in [6.45, 7) is 1.01. The third-order valence-electron chi connectivity index (χ3n) is 3.74. The van der Waals surface area contributed by atoms with Crippen molar-refractivity contribution in [2.24, 2.45) is 0 Å². The van der Waals surface area contributed by atoms with Gasteiger partial charge in [-0.2, -0.15) is 0 Å². The van der Waals surface area contributed by atoms with E-state index < -0.39 is 0 Å². The fourth-order valence-electron chi connectivity index (χ4n) is 2.44. The van der Waals surface area contributed by atoms with Gasteiger partial charge in [-0.25, -0.2) is 0 Å². The number of methoxy groups -OCH3 is 2. The molecule has 0 spiro atoms. The van der Waals surface area contributed by atoms with Gasteiger partial charge in [-0.05, 0) is 6.07 Å². The molecular weight excluding hydrogens is 316 g/mol. The fourth-order valence-corrected chi connectivity index (χ4v) is 3.68. The van der Waals surface area contributed by atoms with Crippen LogP contribution in [-0.4, -0.2) is 68.3 Å². The second kappa shape index (κ2) is 8.21. The summed E-state index contributed by atoms with van der Waals surface area (Å²) >= 11 is 1.58. The van der Waals surface area contributed by atoms with Crippen molar-refractivity contribution >= 4 is 23.6 Å². The van der Waals surface area contributed by atoms with Crippen LogP contribution in [0.5, 0.6) is 5.75 Å². The predicted molar refractivity (Wildman–Crippen MR) is 89.4 cm³/mol. The number of likely N-dealkylation sites (N-methyl/N-ethyl adjacent to an activating group) is 1. The molecule has 7 heteroatoms. The standard InChI is InChI=1S/C16H22N2O4S/c1-17(14(19)10-21-2)8-9-18-15(20)11-23-16(18)12-6-4-5-7-13(12)22-3/h4-7,16H,8-11H2,1-3H3. The minimum Gasteiger partial charge on any atom is -0.496 e. The highest BCUT2D eigenvalue weighted by atomic mass is 32.2. The van der Waals surface area contributed by atoms with Crippen molar-refractivity contribution in [2.45, 2.75) is 5.37 Å². The average Bonchev–Trinajstić information content (AvgIpc) is 2.93. The van der Waals surface area contributed by atoms with E-state index in [1.54, 1.807) is 35.7 Å². The molecule has 0 N–H and O–H groups in total. The molecule has 0 saturated carbocycles. The summed E-state index contributed by atoms with van der Waals surface area (Å²) in [6, 6.07) is 7.71. The first-order valence-corrected chi connectivity index (χ1v) is 8.40. The molecular formula is C16H22N2O4S. The molecule has 1 fully saturated rings. The number of thioether (sulfide) groups is 1. The van der Waals surface area contributed by atoms with Crippen LogP contribution in [0.2, 0.25) is 0 Å². The van der Waals surface area contributed by atoms with Crippen molar-refractivity contribution < 1.29 is 19.1 Å². The summed E-state index contributed by atoms with van der Waals surface area (Å²) in [4.78, 5) is 27.3. The van der Waals surface area contributed by atoms with Crippen LogP contribution in [0, 0.1) is 0 Å². The molecule has 1 aliphatic heterocycles. The van der Waals surface area contributed by atoms with Gasteiger partial charge < -0.3 is 19.3 Å². The molecule has 1 aliphatic rings. The lowest BCUT2D eigenvalue weighted by atomic mass is 10.2. The molecule has 126 valence electrons. The van der Waals surface area contributed by atoms with E-state index in [0.29, 0.717) is 18.8 Å². The van der Waals surface area contributed by atoms with Crippen LogP contribution in [0.1, 0.15) is 10.9 Å².